The summed E-state index contributed by atoms with van der Waals surface area (Å²) in [6.45, 7) is 6.71. The number of hydrogen-bond acceptors (Lipinski definition) is 9. The lowest BCUT2D eigenvalue weighted by Gasteiger charge is -2.23. The molecule has 11 nitrogen and oxygen atoms in total. The zero-order chi connectivity index (χ0) is 29.4. The van der Waals surface area contributed by atoms with Gasteiger partial charge in [0.05, 0.1) is 43.9 Å². The van der Waals surface area contributed by atoms with E-state index in [2.05, 4.69) is 5.32 Å². The van der Waals surface area contributed by atoms with E-state index < -0.39 is 66.3 Å². The fourth-order valence-corrected chi connectivity index (χ4v) is 3.74. The van der Waals surface area contributed by atoms with Crippen molar-refractivity contribution >= 4 is 35.6 Å². The fraction of sp³-hybridized carbons (Fsp3) is 0.571. The second-order valence-corrected chi connectivity index (χ2v) is 9.32. The van der Waals surface area contributed by atoms with Crippen LogP contribution in [-0.2, 0) is 49.6 Å². The molecular weight excluding hydrogens is 510 g/mol. The molecule has 0 spiro atoms. The number of ketones is 1. The largest absolute Gasteiger partial charge is 0.481 e. The number of esters is 3. The Morgan fingerprint density at radius 1 is 0.821 bits per heavy atom. The minimum Gasteiger partial charge on any atom is -0.481 e. The average molecular weight is 550 g/mol. The van der Waals surface area contributed by atoms with E-state index in [0.717, 1.165) is 5.56 Å². The van der Waals surface area contributed by atoms with E-state index in [9.17, 15) is 33.9 Å². The summed E-state index contributed by atoms with van der Waals surface area (Å²) in [4.78, 5) is 74.6. The Balaban J connectivity index is 3.05. The normalized spacial score (nSPS) is 13.1. The van der Waals surface area contributed by atoms with Gasteiger partial charge in [-0.1, -0.05) is 44.2 Å². The van der Waals surface area contributed by atoms with Gasteiger partial charge in [0.2, 0.25) is 5.91 Å². The predicted molar refractivity (Wildman–Crippen MR) is 139 cm³/mol. The van der Waals surface area contributed by atoms with Gasteiger partial charge in [0.1, 0.15) is 6.61 Å². The highest BCUT2D eigenvalue weighted by atomic mass is 16.5. The molecule has 2 N–H and O–H groups in total. The van der Waals surface area contributed by atoms with Crippen molar-refractivity contribution in [3.8, 4) is 0 Å². The van der Waals surface area contributed by atoms with Crippen molar-refractivity contribution in [1.29, 1.82) is 0 Å². The van der Waals surface area contributed by atoms with Crippen LogP contribution in [-0.4, -0.2) is 59.9 Å². The third-order valence-electron chi connectivity index (χ3n) is 5.94. The Bertz CT molecular complexity index is 976. The van der Waals surface area contributed by atoms with Gasteiger partial charge in [0.25, 0.3) is 0 Å². The van der Waals surface area contributed by atoms with Crippen LogP contribution in [0.3, 0.4) is 0 Å². The Morgan fingerprint density at radius 3 is 1.92 bits per heavy atom. The highest BCUT2D eigenvalue weighted by Gasteiger charge is 2.33. The van der Waals surface area contributed by atoms with Gasteiger partial charge < -0.3 is 24.6 Å². The van der Waals surface area contributed by atoms with Crippen molar-refractivity contribution in [1.82, 2.24) is 5.32 Å². The van der Waals surface area contributed by atoms with E-state index in [1.165, 1.54) is 0 Å². The molecule has 1 aromatic rings. The Hall–Kier alpha value is -3.76. The van der Waals surface area contributed by atoms with Crippen LogP contribution >= 0.6 is 0 Å². The summed E-state index contributed by atoms with van der Waals surface area (Å²) in [5.41, 5.74) is 0.736. The molecule has 0 bridgehead atoms. The van der Waals surface area contributed by atoms with Gasteiger partial charge in [-0.2, -0.15) is 0 Å². The first-order valence-electron chi connectivity index (χ1n) is 13.0. The van der Waals surface area contributed by atoms with Crippen LogP contribution in [0.5, 0.6) is 0 Å². The van der Waals surface area contributed by atoms with E-state index in [0.29, 0.717) is 0 Å². The van der Waals surface area contributed by atoms with Crippen molar-refractivity contribution < 1.29 is 48.1 Å². The van der Waals surface area contributed by atoms with Crippen molar-refractivity contribution in [3.05, 3.63) is 35.9 Å². The SMILES string of the molecule is CCOC(=O)CC[C@H](NC(=O)[C@H](CC(=O)OCC)CC(=O)OCc1ccccc1)C(=O)C[C@H](C(=O)O)C(C)C. The second-order valence-electron chi connectivity index (χ2n) is 9.32. The quantitative estimate of drug-likeness (QED) is 0.206. The number of nitrogens with one attached hydrogen (secondary N) is 1. The zero-order valence-corrected chi connectivity index (χ0v) is 23.0. The van der Waals surface area contributed by atoms with Gasteiger partial charge in [-0.15, -0.1) is 0 Å². The van der Waals surface area contributed by atoms with Crippen LogP contribution < -0.4 is 5.32 Å². The highest BCUT2D eigenvalue weighted by Crippen LogP contribution is 2.19. The number of amides is 1. The van der Waals surface area contributed by atoms with Crippen LogP contribution in [0, 0.1) is 17.8 Å². The van der Waals surface area contributed by atoms with Gasteiger partial charge >= 0.3 is 23.9 Å². The molecule has 0 saturated carbocycles. The van der Waals surface area contributed by atoms with Gasteiger partial charge in [-0.3, -0.25) is 28.8 Å². The maximum absolute atomic E-state index is 13.2. The zero-order valence-electron chi connectivity index (χ0n) is 23.0. The number of hydrogen-bond donors (Lipinski definition) is 2. The van der Waals surface area contributed by atoms with Gasteiger partial charge in [0, 0.05) is 12.8 Å². The number of carboxylic acids is 1. The molecule has 0 aliphatic heterocycles. The standard InChI is InChI=1S/C28H39NO10/c1-5-37-24(31)13-12-22(23(30)16-21(18(3)4)28(35)36)29-27(34)20(14-25(32)38-6-2)15-26(33)39-17-19-10-8-7-9-11-19/h7-11,18,20-22H,5-6,12-17H2,1-4H3,(H,29,34)(H,35,36)/t20-,21+,22+/m1/s1. The molecule has 0 aliphatic carbocycles. The molecule has 11 heteroatoms. The molecule has 1 rings (SSSR count). The van der Waals surface area contributed by atoms with Gasteiger partial charge in [-0.05, 0) is 31.7 Å². The molecule has 216 valence electrons. The van der Waals surface area contributed by atoms with Crippen LogP contribution in [0.15, 0.2) is 30.3 Å². The van der Waals surface area contributed by atoms with Crippen LogP contribution in [0.25, 0.3) is 0 Å². The van der Waals surface area contributed by atoms with Gasteiger partial charge in [0.15, 0.2) is 5.78 Å². The lowest BCUT2D eigenvalue weighted by molar-refractivity contribution is -0.151. The number of aliphatic carboxylic acids is 1. The predicted octanol–water partition coefficient (Wildman–Crippen LogP) is 2.83. The van der Waals surface area contributed by atoms with E-state index in [1.54, 1.807) is 52.0 Å². The summed E-state index contributed by atoms with van der Waals surface area (Å²) in [5.74, 6) is -7.14. The molecule has 39 heavy (non-hydrogen) atoms. The average Bonchev–Trinajstić information content (AvgIpc) is 2.88. The lowest BCUT2D eigenvalue weighted by atomic mass is 9.88. The molecule has 0 radical (unpaired) electrons. The second kappa shape index (κ2) is 17.7. The van der Waals surface area contributed by atoms with Crippen LogP contribution in [0.4, 0.5) is 0 Å². The number of benzene rings is 1. The van der Waals surface area contributed by atoms with Crippen molar-refractivity contribution in [3.63, 3.8) is 0 Å². The van der Waals surface area contributed by atoms with E-state index in [-0.39, 0.29) is 45.0 Å². The van der Waals surface area contributed by atoms with Crippen molar-refractivity contribution in [2.45, 2.75) is 72.4 Å². The topological polar surface area (TPSA) is 162 Å². The summed E-state index contributed by atoms with van der Waals surface area (Å²) in [6.07, 6.45) is -1.62. The number of ether oxygens (including phenoxy) is 3. The first-order chi connectivity index (χ1) is 18.5. The third-order valence-corrected chi connectivity index (χ3v) is 5.94. The lowest BCUT2D eigenvalue weighted by Crippen LogP contribution is -2.46. The minimum atomic E-state index is -1.23. The third kappa shape index (κ3) is 13.0. The summed E-state index contributed by atoms with van der Waals surface area (Å²) in [7, 11) is 0. The molecule has 1 amide bonds. The Kier molecular flexibility index (Phi) is 15.1. The first-order valence-corrected chi connectivity index (χ1v) is 13.0. The number of carbonyl (C=O) groups is 6. The number of carbonyl (C=O) groups excluding carboxylic acids is 5. The Labute approximate surface area is 228 Å². The first kappa shape index (κ1) is 33.3. The number of carboxylic acid groups (broad SMARTS) is 1. The maximum Gasteiger partial charge on any atom is 0.307 e. The van der Waals surface area contributed by atoms with Crippen molar-refractivity contribution in [2.24, 2.45) is 17.8 Å². The molecular formula is C28H39NO10. The molecule has 1 aromatic carbocycles. The van der Waals surface area contributed by atoms with Crippen molar-refractivity contribution in [2.75, 3.05) is 13.2 Å². The summed E-state index contributed by atoms with van der Waals surface area (Å²) >= 11 is 0. The maximum atomic E-state index is 13.2. The highest BCUT2D eigenvalue weighted by molar-refractivity contribution is 5.94. The molecule has 0 unspecified atom stereocenters. The summed E-state index contributed by atoms with van der Waals surface area (Å²) < 4.78 is 15.1. The molecule has 0 heterocycles. The summed E-state index contributed by atoms with van der Waals surface area (Å²) in [6, 6.07) is 7.66. The van der Waals surface area contributed by atoms with E-state index in [1.807, 2.05) is 6.07 Å². The van der Waals surface area contributed by atoms with Crippen LogP contribution in [0.2, 0.25) is 0 Å². The van der Waals surface area contributed by atoms with Gasteiger partial charge in [-0.25, -0.2) is 0 Å². The van der Waals surface area contributed by atoms with E-state index >= 15 is 0 Å². The number of rotatable bonds is 18. The molecule has 3 atom stereocenters. The fourth-order valence-electron chi connectivity index (χ4n) is 3.74. The summed E-state index contributed by atoms with van der Waals surface area (Å²) in [5, 5.41) is 12.0. The minimum absolute atomic E-state index is 0.0279. The molecule has 0 aromatic heterocycles. The molecule has 0 saturated heterocycles. The molecule has 0 aliphatic rings. The number of Topliss-reactive ketones (excluding diaryl/α,β-unsaturated/α-hetero) is 1. The molecule has 0 fully saturated rings. The smallest absolute Gasteiger partial charge is 0.307 e. The van der Waals surface area contributed by atoms with E-state index in [4.69, 9.17) is 14.2 Å². The van der Waals surface area contributed by atoms with Crippen LogP contribution in [0.1, 0.15) is 65.4 Å². The monoisotopic (exact) mass is 549 g/mol. The Morgan fingerprint density at radius 2 is 1.38 bits per heavy atom.